The van der Waals surface area contributed by atoms with E-state index in [0.29, 0.717) is 0 Å². The minimum absolute atomic E-state index is 0.337. The third-order valence-corrected chi connectivity index (χ3v) is 2.40. The molecule has 1 unspecified atom stereocenters. The lowest BCUT2D eigenvalue weighted by molar-refractivity contribution is 0.569. The smallest absolute Gasteiger partial charge is 0.0762 e. The van der Waals surface area contributed by atoms with Gasteiger partial charge >= 0.3 is 0 Å². The summed E-state index contributed by atoms with van der Waals surface area (Å²) in [6, 6.07) is 2.40. The van der Waals surface area contributed by atoms with Gasteiger partial charge in [0.2, 0.25) is 0 Å². The number of hydrogen-bond acceptors (Lipinski definition) is 1. The van der Waals surface area contributed by atoms with Crippen molar-refractivity contribution in [2.45, 2.75) is 53.9 Å². The predicted molar refractivity (Wildman–Crippen MR) is 66.4 cm³/mol. The maximum Gasteiger partial charge on any atom is 0.0762 e. The van der Waals surface area contributed by atoms with Crippen LogP contribution in [0, 0.1) is 16.7 Å². The fraction of sp³-hybridized carbons (Fsp3) is 0.643. The van der Waals surface area contributed by atoms with Crippen molar-refractivity contribution in [3.63, 3.8) is 0 Å². The fourth-order valence-corrected chi connectivity index (χ4v) is 1.56. The molecule has 0 N–H and O–H groups in total. The molecule has 0 aliphatic rings. The maximum absolute atomic E-state index is 9.19. The van der Waals surface area contributed by atoms with E-state index in [1.165, 1.54) is 11.1 Å². The first-order valence-electron chi connectivity index (χ1n) is 5.66. The van der Waals surface area contributed by atoms with Gasteiger partial charge in [-0.05, 0) is 40.5 Å². The molecule has 0 bridgehead atoms. The van der Waals surface area contributed by atoms with Gasteiger partial charge in [-0.15, -0.1) is 0 Å². The first-order valence-corrected chi connectivity index (χ1v) is 5.66. The van der Waals surface area contributed by atoms with Crippen molar-refractivity contribution in [1.29, 1.82) is 5.26 Å². The van der Waals surface area contributed by atoms with E-state index in [0.717, 1.165) is 19.3 Å². The van der Waals surface area contributed by atoms with Crippen LogP contribution in [0.2, 0.25) is 0 Å². The summed E-state index contributed by atoms with van der Waals surface area (Å²) < 4.78 is 0. The van der Waals surface area contributed by atoms with Gasteiger partial charge in [0.25, 0.3) is 0 Å². The van der Waals surface area contributed by atoms with Crippen LogP contribution in [0.1, 0.15) is 53.9 Å². The summed E-state index contributed by atoms with van der Waals surface area (Å²) in [7, 11) is 0. The molecule has 0 aliphatic carbocycles. The zero-order valence-electron chi connectivity index (χ0n) is 10.7. The van der Waals surface area contributed by atoms with Crippen molar-refractivity contribution in [3.05, 3.63) is 23.3 Å². The van der Waals surface area contributed by atoms with E-state index >= 15 is 0 Å². The highest BCUT2D eigenvalue weighted by Gasteiger charge is 2.19. The molecule has 0 saturated heterocycles. The van der Waals surface area contributed by atoms with Crippen LogP contribution < -0.4 is 0 Å². The molecule has 0 spiro atoms. The molecule has 0 heterocycles. The Balaban J connectivity index is 4.65. The first kappa shape index (κ1) is 14.0. The molecule has 0 fully saturated rings. The van der Waals surface area contributed by atoms with Gasteiger partial charge < -0.3 is 0 Å². The lowest BCUT2D eigenvalue weighted by Crippen LogP contribution is -2.09. The Bertz CT molecular complexity index is 287. The van der Waals surface area contributed by atoms with Gasteiger partial charge in [-0.2, -0.15) is 5.26 Å². The molecule has 1 nitrogen and oxygen atoms in total. The monoisotopic (exact) mass is 205 g/mol. The largest absolute Gasteiger partial charge is 0.197 e. The Morgan fingerprint density at radius 1 is 1.33 bits per heavy atom. The molecule has 0 aromatic heterocycles. The number of nitriles is 1. The van der Waals surface area contributed by atoms with E-state index in [-0.39, 0.29) is 5.41 Å². The molecule has 1 heteroatoms. The first-order chi connectivity index (χ1) is 6.93. The van der Waals surface area contributed by atoms with E-state index in [9.17, 15) is 5.26 Å². The number of nitrogens with zero attached hydrogens (tertiary/aromatic N) is 1. The van der Waals surface area contributed by atoms with Crippen LogP contribution in [0.15, 0.2) is 23.3 Å². The molecule has 0 aliphatic heterocycles. The van der Waals surface area contributed by atoms with Gasteiger partial charge in [-0.1, -0.05) is 36.6 Å². The van der Waals surface area contributed by atoms with Crippen molar-refractivity contribution in [3.8, 4) is 6.07 Å². The SMILES string of the molecule is CCC/C(C)=C/C(C)(C#N)CC=C(C)C. The summed E-state index contributed by atoms with van der Waals surface area (Å²) in [4.78, 5) is 0. The molecule has 84 valence electrons. The van der Waals surface area contributed by atoms with Crippen molar-refractivity contribution >= 4 is 0 Å². The normalized spacial score (nSPS) is 15.3. The van der Waals surface area contributed by atoms with E-state index in [2.05, 4.69) is 45.9 Å². The third kappa shape index (κ3) is 6.12. The Morgan fingerprint density at radius 3 is 2.33 bits per heavy atom. The number of rotatable bonds is 5. The second-order valence-corrected chi connectivity index (χ2v) is 4.76. The average molecular weight is 205 g/mol. The zero-order chi connectivity index (χ0) is 11.9. The summed E-state index contributed by atoms with van der Waals surface area (Å²) >= 11 is 0. The van der Waals surface area contributed by atoms with Gasteiger partial charge in [0.15, 0.2) is 0 Å². The highest BCUT2D eigenvalue weighted by atomic mass is 14.3. The lowest BCUT2D eigenvalue weighted by Gasteiger charge is -2.16. The second kappa shape index (κ2) is 6.45. The number of allylic oxidation sites excluding steroid dienone is 4. The number of hydrogen-bond donors (Lipinski definition) is 0. The standard InChI is InChI=1S/C14H23N/c1-6-7-13(4)10-14(5,11-15)9-8-12(2)3/h8,10H,6-7,9H2,1-5H3/b13-10+. The highest BCUT2D eigenvalue weighted by molar-refractivity contribution is 5.18. The van der Waals surface area contributed by atoms with E-state index in [4.69, 9.17) is 0 Å². The van der Waals surface area contributed by atoms with Crippen LogP contribution in [0.25, 0.3) is 0 Å². The molecule has 0 amide bonds. The van der Waals surface area contributed by atoms with Gasteiger partial charge in [-0.3, -0.25) is 0 Å². The Kier molecular flexibility index (Phi) is 6.01. The van der Waals surface area contributed by atoms with Crippen LogP contribution in [0.5, 0.6) is 0 Å². The molecule has 0 aromatic rings. The van der Waals surface area contributed by atoms with Gasteiger partial charge in [0.1, 0.15) is 0 Å². The summed E-state index contributed by atoms with van der Waals surface area (Å²) in [5.41, 5.74) is 2.26. The lowest BCUT2D eigenvalue weighted by atomic mass is 9.85. The van der Waals surface area contributed by atoms with Gasteiger partial charge in [0.05, 0.1) is 11.5 Å². The Morgan fingerprint density at radius 2 is 1.93 bits per heavy atom. The topological polar surface area (TPSA) is 23.8 Å². The minimum Gasteiger partial charge on any atom is -0.197 e. The molecule has 0 rings (SSSR count). The van der Waals surface area contributed by atoms with Crippen molar-refractivity contribution in [2.75, 3.05) is 0 Å². The van der Waals surface area contributed by atoms with Gasteiger partial charge in [0, 0.05) is 0 Å². The Labute approximate surface area is 94.5 Å². The van der Waals surface area contributed by atoms with Crippen molar-refractivity contribution in [1.82, 2.24) is 0 Å². The quantitative estimate of drug-likeness (QED) is 0.601. The summed E-state index contributed by atoms with van der Waals surface area (Å²) in [5, 5.41) is 9.19. The summed E-state index contributed by atoms with van der Waals surface area (Å²) in [6.45, 7) is 10.4. The molecular weight excluding hydrogens is 182 g/mol. The molecule has 0 radical (unpaired) electrons. The van der Waals surface area contributed by atoms with Crippen molar-refractivity contribution in [2.24, 2.45) is 5.41 Å². The predicted octanol–water partition coefficient (Wildman–Crippen LogP) is 4.62. The van der Waals surface area contributed by atoms with E-state index in [1.54, 1.807) is 0 Å². The summed E-state index contributed by atoms with van der Waals surface area (Å²) in [5.74, 6) is 0. The van der Waals surface area contributed by atoms with Crippen molar-refractivity contribution < 1.29 is 0 Å². The molecule has 15 heavy (non-hydrogen) atoms. The zero-order valence-corrected chi connectivity index (χ0v) is 10.7. The fourth-order valence-electron chi connectivity index (χ4n) is 1.56. The Hall–Kier alpha value is -1.03. The molecule has 1 atom stereocenters. The van der Waals surface area contributed by atoms with Crippen LogP contribution in [-0.2, 0) is 0 Å². The van der Waals surface area contributed by atoms with Crippen LogP contribution in [0.3, 0.4) is 0 Å². The molecular formula is C14H23N. The minimum atomic E-state index is -0.337. The second-order valence-electron chi connectivity index (χ2n) is 4.76. The van der Waals surface area contributed by atoms with Crippen LogP contribution in [0.4, 0.5) is 0 Å². The third-order valence-electron chi connectivity index (χ3n) is 2.40. The van der Waals surface area contributed by atoms with Crippen LogP contribution >= 0.6 is 0 Å². The summed E-state index contributed by atoms with van der Waals surface area (Å²) in [6.07, 6.45) is 7.31. The van der Waals surface area contributed by atoms with E-state index < -0.39 is 0 Å². The van der Waals surface area contributed by atoms with E-state index in [1.807, 2.05) is 6.92 Å². The van der Waals surface area contributed by atoms with Gasteiger partial charge in [-0.25, -0.2) is 0 Å². The molecule has 0 saturated carbocycles. The average Bonchev–Trinajstić information content (AvgIpc) is 2.15. The van der Waals surface area contributed by atoms with Crippen LogP contribution in [-0.4, -0.2) is 0 Å². The highest BCUT2D eigenvalue weighted by Crippen LogP contribution is 2.26. The molecule has 0 aromatic carbocycles. The maximum atomic E-state index is 9.19.